The summed E-state index contributed by atoms with van der Waals surface area (Å²) in [7, 11) is 4.13. The number of ketones is 1. The summed E-state index contributed by atoms with van der Waals surface area (Å²) in [6.07, 6.45) is 11.4. The topological polar surface area (TPSA) is 40.5 Å². The minimum absolute atomic E-state index is 0.232. The van der Waals surface area contributed by atoms with E-state index in [1.54, 1.807) is 5.57 Å². The molecule has 0 saturated heterocycles. The van der Waals surface area contributed by atoms with Gasteiger partial charge in [0.2, 0.25) is 0 Å². The van der Waals surface area contributed by atoms with Gasteiger partial charge in [0.05, 0.1) is 0 Å². The maximum absolute atomic E-state index is 12.2. The number of fused-ring (bicyclic) bond motifs is 4. The number of allylic oxidation sites excluding steroid dienone is 5. The van der Waals surface area contributed by atoms with Gasteiger partial charge < -0.3 is 10.0 Å². The molecule has 0 bridgehead atoms. The minimum Gasteiger partial charge on any atom is -0.378 e. The van der Waals surface area contributed by atoms with Crippen LogP contribution in [0.3, 0.4) is 0 Å². The van der Waals surface area contributed by atoms with E-state index in [9.17, 15) is 9.90 Å². The second-order valence-corrected chi connectivity index (χ2v) is 10.8. The van der Waals surface area contributed by atoms with Gasteiger partial charge in [0.15, 0.2) is 5.78 Å². The Morgan fingerprint density at radius 1 is 1.12 bits per heavy atom. The van der Waals surface area contributed by atoms with Crippen LogP contribution < -0.4 is 4.90 Å². The third kappa shape index (κ3) is 3.42. The van der Waals surface area contributed by atoms with Crippen molar-refractivity contribution in [1.82, 2.24) is 0 Å². The highest BCUT2D eigenvalue weighted by Gasteiger charge is 2.59. The fourth-order valence-electron chi connectivity index (χ4n) is 7.14. The van der Waals surface area contributed by atoms with E-state index in [4.69, 9.17) is 0 Å². The number of benzene rings is 1. The van der Waals surface area contributed by atoms with E-state index < -0.39 is 5.60 Å². The second kappa shape index (κ2) is 8.03. The molecule has 33 heavy (non-hydrogen) atoms. The molecular weight excluding hydrogens is 406 g/mol. The van der Waals surface area contributed by atoms with Gasteiger partial charge in [-0.15, -0.1) is 5.92 Å². The SMILES string of the molecule is CC#CC1(O)C=CC[C@H]2[C@@H]3CCC4=CC(=O)CCC4=C3[C@@H](c3ccc(N(C)C)cc3)C[C@@]21C. The summed E-state index contributed by atoms with van der Waals surface area (Å²) in [6, 6.07) is 8.94. The van der Waals surface area contributed by atoms with E-state index in [-0.39, 0.29) is 17.1 Å². The average Bonchev–Trinajstić information content (AvgIpc) is 2.79. The van der Waals surface area contributed by atoms with Crippen LogP contribution in [0.2, 0.25) is 0 Å². The Labute approximate surface area is 198 Å². The van der Waals surface area contributed by atoms with Gasteiger partial charge in [-0.3, -0.25) is 4.79 Å². The molecule has 172 valence electrons. The molecule has 3 nitrogen and oxygen atoms in total. The molecule has 4 aliphatic rings. The lowest BCUT2D eigenvalue weighted by Crippen LogP contribution is -2.56. The highest BCUT2D eigenvalue weighted by molar-refractivity contribution is 5.93. The van der Waals surface area contributed by atoms with Gasteiger partial charge in [-0.1, -0.05) is 36.6 Å². The van der Waals surface area contributed by atoms with Crippen LogP contribution in [0.1, 0.15) is 63.9 Å². The molecule has 0 amide bonds. The van der Waals surface area contributed by atoms with Crippen LogP contribution in [0.25, 0.3) is 0 Å². The maximum Gasteiger partial charge on any atom is 0.156 e. The van der Waals surface area contributed by atoms with Crippen molar-refractivity contribution in [2.75, 3.05) is 19.0 Å². The normalized spacial score (nSPS) is 35.0. The van der Waals surface area contributed by atoms with Gasteiger partial charge in [0, 0.05) is 37.5 Å². The summed E-state index contributed by atoms with van der Waals surface area (Å²) >= 11 is 0. The molecule has 1 fully saturated rings. The third-order valence-corrected chi connectivity index (χ3v) is 8.87. The Balaban J connectivity index is 1.69. The van der Waals surface area contributed by atoms with Gasteiger partial charge in [-0.25, -0.2) is 0 Å². The molecule has 1 saturated carbocycles. The van der Waals surface area contributed by atoms with Crippen LogP contribution >= 0.6 is 0 Å². The number of anilines is 1. The summed E-state index contributed by atoms with van der Waals surface area (Å²) in [5.74, 6) is 7.48. The molecule has 1 N–H and O–H groups in total. The molecule has 1 aromatic rings. The van der Waals surface area contributed by atoms with Crippen molar-refractivity contribution in [2.24, 2.45) is 17.3 Å². The van der Waals surface area contributed by atoms with E-state index >= 15 is 0 Å². The summed E-state index contributed by atoms with van der Waals surface area (Å²) < 4.78 is 0. The summed E-state index contributed by atoms with van der Waals surface area (Å²) in [4.78, 5) is 14.3. The zero-order valence-corrected chi connectivity index (χ0v) is 20.3. The molecule has 0 heterocycles. The number of hydrogen-bond donors (Lipinski definition) is 1. The zero-order valence-electron chi connectivity index (χ0n) is 20.3. The predicted octanol–water partition coefficient (Wildman–Crippen LogP) is 5.57. The van der Waals surface area contributed by atoms with Gasteiger partial charge in [-0.05, 0) is 91.9 Å². The maximum atomic E-state index is 12.2. The van der Waals surface area contributed by atoms with E-state index in [0.29, 0.717) is 18.3 Å². The molecule has 1 unspecified atom stereocenters. The zero-order chi connectivity index (χ0) is 23.4. The van der Waals surface area contributed by atoms with Crippen molar-refractivity contribution in [3.8, 4) is 11.8 Å². The molecular formula is C30H35NO2. The Hall–Kier alpha value is -2.57. The molecule has 0 radical (unpaired) electrons. The Morgan fingerprint density at radius 2 is 1.88 bits per heavy atom. The predicted molar refractivity (Wildman–Crippen MR) is 134 cm³/mol. The fourth-order valence-corrected chi connectivity index (χ4v) is 7.14. The van der Waals surface area contributed by atoms with Crippen LogP contribution in [0.5, 0.6) is 0 Å². The summed E-state index contributed by atoms with van der Waals surface area (Å²) in [6.45, 7) is 4.09. The molecule has 5 atom stereocenters. The number of rotatable bonds is 2. The monoisotopic (exact) mass is 441 g/mol. The number of aliphatic hydroxyl groups is 1. The first-order chi connectivity index (χ1) is 15.8. The van der Waals surface area contributed by atoms with Crippen molar-refractivity contribution in [3.05, 3.63) is 64.8 Å². The van der Waals surface area contributed by atoms with E-state index in [1.807, 2.05) is 19.1 Å². The number of nitrogens with zero attached hydrogens (tertiary/aromatic N) is 1. The van der Waals surface area contributed by atoms with Crippen molar-refractivity contribution < 1.29 is 9.90 Å². The first-order valence-electron chi connectivity index (χ1n) is 12.4. The van der Waals surface area contributed by atoms with E-state index in [1.165, 1.54) is 22.4 Å². The van der Waals surface area contributed by atoms with Gasteiger partial charge in [-0.2, -0.15) is 0 Å². The highest BCUT2D eigenvalue weighted by Crippen LogP contribution is 2.64. The highest BCUT2D eigenvalue weighted by atomic mass is 16.3. The van der Waals surface area contributed by atoms with Gasteiger partial charge in [0.25, 0.3) is 0 Å². The van der Waals surface area contributed by atoms with Crippen molar-refractivity contribution in [3.63, 3.8) is 0 Å². The van der Waals surface area contributed by atoms with Crippen LogP contribution in [0.4, 0.5) is 5.69 Å². The molecule has 5 rings (SSSR count). The molecule has 0 aromatic heterocycles. The Bertz CT molecular complexity index is 1130. The quantitative estimate of drug-likeness (QED) is 0.482. The van der Waals surface area contributed by atoms with Gasteiger partial charge in [0.1, 0.15) is 5.60 Å². The van der Waals surface area contributed by atoms with E-state index in [0.717, 1.165) is 32.1 Å². The molecule has 0 aliphatic heterocycles. The lowest BCUT2D eigenvalue weighted by atomic mass is 9.46. The van der Waals surface area contributed by atoms with Crippen molar-refractivity contribution >= 4 is 11.5 Å². The molecule has 3 heteroatoms. The fraction of sp³-hybridized carbons (Fsp3) is 0.500. The van der Waals surface area contributed by atoms with Crippen LogP contribution in [-0.4, -0.2) is 30.6 Å². The molecule has 1 aromatic carbocycles. The van der Waals surface area contributed by atoms with Gasteiger partial charge >= 0.3 is 0 Å². The minimum atomic E-state index is -1.11. The molecule has 4 aliphatic carbocycles. The Morgan fingerprint density at radius 3 is 2.58 bits per heavy atom. The second-order valence-electron chi connectivity index (χ2n) is 10.8. The summed E-state index contributed by atoms with van der Waals surface area (Å²) in [5, 5.41) is 11.8. The Kier molecular flexibility index (Phi) is 5.41. The third-order valence-electron chi connectivity index (χ3n) is 8.87. The van der Waals surface area contributed by atoms with Crippen molar-refractivity contribution in [1.29, 1.82) is 0 Å². The van der Waals surface area contributed by atoms with Crippen LogP contribution in [0.15, 0.2) is 59.2 Å². The van der Waals surface area contributed by atoms with Crippen LogP contribution in [-0.2, 0) is 4.79 Å². The van der Waals surface area contributed by atoms with E-state index in [2.05, 4.69) is 68.1 Å². The van der Waals surface area contributed by atoms with Crippen LogP contribution in [0, 0.1) is 29.1 Å². The van der Waals surface area contributed by atoms with Crippen molar-refractivity contribution in [2.45, 2.75) is 63.9 Å². The number of carbonyl (C=O) groups excluding carboxylic acids is 1. The molecule has 0 spiro atoms. The first kappa shape index (κ1) is 22.2. The number of carbonyl (C=O) groups is 1. The number of hydrogen-bond acceptors (Lipinski definition) is 3. The summed E-state index contributed by atoms with van der Waals surface area (Å²) in [5.41, 5.74) is 5.32. The smallest absolute Gasteiger partial charge is 0.156 e. The largest absolute Gasteiger partial charge is 0.378 e. The lowest BCUT2D eigenvalue weighted by molar-refractivity contribution is -0.114. The standard InChI is InChI=1S/C30H35NO2/c1-5-16-30(33)17-6-7-27-25-14-10-21-18-23(32)13-15-24(21)28(25)26(19-29(27,30)2)20-8-11-22(12-9-20)31(3)4/h6,8-9,11-12,17-18,25-27,33H,7,10,13-15,19H2,1-4H3/t25-,26+,27-,29-,30?/m0/s1. The average molecular weight is 442 g/mol. The first-order valence-corrected chi connectivity index (χ1v) is 12.4. The lowest BCUT2D eigenvalue weighted by Gasteiger charge is -2.58.